The van der Waals surface area contributed by atoms with Gasteiger partial charge in [-0.3, -0.25) is 9.89 Å². The summed E-state index contributed by atoms with van der Waals surface area (Å²) in [7, 11) is 2.15. The number of allylic oxidation sites excluding steroid dienone is 1. The Balaban J connectivity index is 1.48. The van der Waals surface area contributed by atoms with Crippen molar-refractivity contribution in [1.29, 1.82) is 0 Å². The van der Waals surface area contributed by atoms with Gasteiger partial charge >= 0.3 is 0 Å². The number of carbonyl (C=O) groups excluding carboxylic acids is 1. The van der Waals surface area contributed by atoms with Crippen LogP contribution >= 0.6 is 11.6 Å². The molecule has 1 aliphatic heterocycles. The molecule has 0 bridgehead atoms. The smallest absolute Gasteiger partial charge is 0.229 e. The molecule has 0 atom stereocenters. The molecule has 1 fully saturated rings. The lowest BCUT2D eigenvalue weighted by Gasteiger charge is -2.34. The number of anilines is 3. The first-order valence-electron chi connectivity index (χ1n) is 11.5. The van der Waals surface area contributed by atoms with E-state index in [1.54, 1.807) is 0 Å². The van der Waals surface area contributed by atoms with Crippen LogP contribution in [-0.2, 0) is 11.2 Å². The minimum absolute atomic E-state index is 0.0427. The van der Waals surface area contributed by atoms with E-state index in [0.717, 1.165) is 48.7 Å². The molecule has 2 N–H and O–H groups in total. The van der Waals surface area contributed by atoms with E-state index in [1.807, 2.05) is 36.4 Å². The fraction of sp³-hybridized carbons (Fsp3) is 0.231. The largest absolute Gasteiger partial charge is 0.369 e. The van der Waals surface area contributed by atoms with E-state index in [4.69, 9.17) is 16.6 Å². The van der Waals surface area contributed by atoms with E-state index in [9.17, 15) is 4.79 Å². The maximum atomic E-state index is 11.9. The van der Waals surface area contributed by atoms with Gasteiger partial charge in [0.25, 0.3) is 0 Å². The van der Waals surface area contributed by atoms with E-state index in [0.29, 0.717) is 27.8 Å². The molecular formula is C26H26ClN7O. The number of benzene rings is 2. The van der Waals surface area contributed by atoms with Gasteiger partial charge in [0.2, 0.25) is 5.95 Å². The molecular weight excluding hydrogens is 462 g/mol. The molecule has 0 radical (unpaired) electrons. The number of likely N-dealkylation sites (N-methyl/N-ethyl adjacent to an activating group) is 1. The number of piperazine rings is 1. The summed E-state index contributed by atoms with van der Waals surface area (Å²) < 4.78 is 0. The van der Waals surface area contributed by atoms with Gasteiger partial charge < -0.3 is 15.1 Å². The van der Waals surface area contributed by atoms with Gasteiger partial charge in [-0.2, -0.15) is 10.1 Å². The Morgan fingerprint density at radius 3 is 2.74 bits per heavy atom. The maximum absolute atomic E-state index is 11.9. The highest BCUT2D eigenvalue weighted by Gasteiger charge is 2.18. The minimum atomic E-state index is -0.0427. The van der Waals surface area contributed by atoms with Crippen molar-refractivity contribution in [3.63, 3.8) is 0 Å². The van der Waals surface area contributed by atoms with Crippen LogP contribution in [0.3, 0.4) is 0 Å². The number of aromatic amines is 1. The van der Waals surface area contributed by atoms with Crippen LogP contribution in [0.5, 0.6) is 0 Å². The van der Waals surface area contributed by atoms with Gasteiger partial charge in [-0.05, 0) is 43.0 Å². The van der Waals surface area contributed by atoms with Gasteiger partial charge in [0.05, 0.1) is 11.1 Å². The van der Waals surface area contributed by atoms with E-state index in [-0.39, 0.29) is 12.2 Å². The van der Waals surface area contributed by atoms with E-state index in [2.05, 4.69) is 56.1 Å². The Hall–Kier alpha value is -3.75. The van der Waals surface area contributed by atoms with E-state index in [1.165, 1.54) is 6.08 Å². The Labute approximate surface area is 208 Å². The fourth-order valence-electron chi connectivity index (χ4n) is 4.23. The van der Waals surface area contributed by atoms with Crippen LogP contribution in [0.1, 0.15) is 5.56 Å². The van der Waals surface area contributed by atoms with E-state index < -0.39 is 0 Å². The third kappa shape index (κ3) is 5.03. The molecule has 0 spiro atoms. The molecule has 35 heavy (non-hydrogen) atoms. The van der Waals surface area contributed by atoms with Gasteiger partial charge in [-0.15, -0.1) is 0 Å². The van der Waals surface area contributed by atoms with Crippen LogP contribution in [0.15, 0.2) is 61.2 Å². The van der Waals surface area contributed by atoms with Gasteiger partial charge in [0, 0.05) is 49.5 Å². The third-order valence-corrected chi connectivity index (χ3v) is 6.42. The summed E-state index contributed by atoms with van der Waals surface area (Å²) in [6.07, 6.45) is 1.61. The number of halogens is 1. The quantitative estimate of drug-likeness (QED) is 0.372. The summed E-state index contributed by atoms with van der Waals surface area (Å²) in [6, 6.07) is 15.9. The van der Waals surface area contributed by atoms with Gasteiger partial charge in [0.1, 0.15) is 5.15 Å². The van der Waals surface area contributed by atoms with Crippen LogP contribution in [0.4, 0.5) is 17.3 Å². The standard InChI is InChI=1S/C26H26ClN7O/c1-3-21(35)15-17-6-4-7-18(14-17)23-22-24(27)31-32-25(22)30-26(29-23)28-19-8-5-9-20(16-19)34-12-10-33(2)11-13-34/h3-9,14,16H,1,10-13,15H2,2H3,(H2,28,29,30,31,32). The van der Waals surface area contributed by atoms with Crippen LogP contribution in [-0.4, -0.2) is 64.1 Å². The first-order valence-corrected chi connectivity index (χ1v) is 11.8. The topological polar surface area (TPSA) is 90.0 Å². The zero-order chi connectivity index (χ0) is 24.4. The summed E-state index contributed by atoms with van der Waals surface area (Å²) in [5, 5.41) is 11.4. The number of ketones is 1. The average molecular weight is 488 g/mol. The highest BCUT2D eigenvalue weighted by molar-refractivity contribution is 6.35. The fourth-order valence-corrected chi connectivity index (χ4v) is 4.45. The number of H-pyrrole nitrogens is 1. The number of rotatable bonds is 7. The van der Waals surface area contributed by atoms with Crippen LogP contribution in [0.25, 0.3) is 22.3 Å². The van der Waals surface area contributed by atoms with Crippen molar-refractivity contribution in [2.24, 2.45) is 0 Å². The number of hydrogen-bond acceptors (Lipinski definition) is 7. The van der Waals surface area contributed by atoms with Crippen LogP contribution in [0.2, 0.25) is 5.15 Å². The Bertz CT molecular complexity index is 1390. The second-order valence-corrected chi connectivity index (χ2v) is 9.02. The molecule has 0 aliphatic carbocycles. The molecule has 2 aromatic carbocycles. The summed E-state index contributed by atoms with van der Waals surface area (Å²) in [4.78, 5) is 26.0. The molecule has 0 unspecified atom stereocenters. The maximum Gasteiger partial charge on any atom is 0.229 e. The zero-order valence-corrected chi connectivity index (χ0v) is 20.2. The molecule has 8 nitrogen and oxygen atoms in total. The molecule has 3 heterocycles. The number of hydrogen-bond donors (Lipinski definition) is 2. The number of nitrogens with zero attached hydrogens (tertiary/aromatic N) is 5. The Morgan fingerprint density at radius 1 is 1.14 bits per heavy atom. The molecule has 0 saturated carbocycles. The first kappa shape index (κ1) is 23.0. The van der Waals surface area contributed by atoms with Crippen molar-refractivity contribution in [1.82, 2.24) is 25.1 Å². The summed E-state index contributed by atoms with van der Waals surface area (Å²) in [6.45, 7) is 7.62. The number of nitrogens with one attached hydrogen (secondary N) is 2. The highest BCUT2D eigenvalue weighted by atomic mass is 35.5. The molecule has 1 saturated heterocycles. The lowest BCUT2D eigenvalue weighted by Crippen LogP contribution is -2.44. The average Bonchev–Trinajstić information content (AvgIpc) is 3.24. The van der Waals surface area contributed by atoms with Crippen molar-refractivity contribution in [3.8, 4) is 11.3 Å². The Kier molecular flexibility index (Phi) is 6.48. The molecule has 1 aliphatic rings. The van der Waals surface area contributed by atoms with Gasteiger partial charge in [0.15, 0.2) is 11.4 Å². The lowest BCUT2D eigenvalue weighted by molar-refractivity contribution is -0.114. The predicted octanol–water partition coefficient (Wildman–Crippen LogP) is 4.47. The highest BCUT2D eigenvalue weighted by Crippen LogP contribution is 2.32. The van der Waals surface area contributed by atoms with E-state index >= 15 is 0 Å². The molecule has 5 rings (SSSR count). The summed E-state index contributed by atoms with van der Waals surface area (Å²) in [5.41, 5.74) is 4.84. The van der Waals surface area contributed by atoms with Crippen molar-refractivity contribution in [2.45, 2.75) is 6.42 Å². The molecule has 9 heteroatoms. The predicted molar refractivity (Wildman–Crippen MR) is 140 cm³/mol. The number of fused-ring (bicyclic) bond motifs is 1. The molecule has 4 aromatic rings. The second-order valence-electron chi connectivity index (χ2n) is 8.65. The van der Waals surface area contributed by atoms with Gasteiger partial charge in [-0.1, -0.05) is 42.4 Å². The molecule has 2 aromatic heterocycles. The first-order chi connectivity index (χ1) is 17.0. The monoisotopic (exact) mass is 487 g/mol. The SMILES string of the molecule is C=CC(=O)Cc1cccc(-c2nc(Nc3cccc(N4CCN(C)CC4)c3)nc3n[nH]c(Cl)c23)c1. The Morgan fingerprint density at radius 2 is 1.94 bits per heavy atom. The second kappa shape index (κ2) is 9.85. The van der Waals surface area contributed by atoms with Crippen molar-refractivity contribution >= 4 is 45.7 Å². The third-order valence-electron chi connectivity index (χ3n) is 6.15. The van der Waals surface area contributed by atoms with Crippen molar-refractivity contribution in [3.05, 3.63) is 71.9 Å². The number of aromatic nitrogens is 4. The van der Waals surface area contributed by atoms with Crippen LogP contribution in [0, 0.1) is 0 Å². The summed E-state index contributed by atoms with van der Waals surface area (Å²) >= 11 is 6.41. The van der Waals surface area contributed by atoms with Crippen molar-refractivity contribution in [2.75, 3.05) is 43.4 Å². The molecule has 0 amide bonds. The lowest BCUT2D eigenvalue weighted by atomic mass is 10.0. The summed E-state index contributed by atoms with van der Waals surface area (Å²) in [5.74, 6) is 0.373. The zero-order valence-electron chi connectivity index (χ0n) is 19.5. The van der Waals surface area contributed by atoms with Crippen LogP contribution < -0.4 is 10.2 Å². The normalized spacial score (nSPS) is 14.3. The van der Waals surface area contributed by atoms with Gasteiger partial charge in [-0.25, -0.2) is 4.98 Å². The number of carbonyl (C=O) groups is 1. The molecule has 178 valence electrons. The van der Waals surface area contributed by atoms with Crippen molar-refractivity contribution < 1.29 is 4.79 Å². The minimum Gasteiger partial charge on any atom is -0.369 e.